The number of nitrogens with zero attached hydrogens (tertiary/aromatic N) is 1. The minimum Gasteiger partial charge on any atom is -0.551 e. The Kier molecular flexibility index (Phi) is 6.78. The van der Waals surface area contributed by atoms with Crippen molar-refractivity contribution in [2.24, 2.45) is 0 Å². The number of ether oxygens (including phenoxy) is 1. The number of aromatic nitrogens is 1. The molecule has 2 aliphatic rings. The van der Waals surface area contributed by atoms with Crippen molar-refractivity contribution >= 4 is 61.6 Å². The predicted molar refractivity (Wildman–Crippen MR) is 242 cm³/mol. The third kappa shape index (κ3) is 4.92. The van der Waals surface area contributed by atoms with Crippen LogP contribution in [0.4, 0.5) is 0 Å². The molecule has 11 aromatic rings. The van der Waals surface area contributed by atoms with Gasteiger partial charge < -0.3 is 18.4 Å². The smallest absolute Gasteiger partial charge is 0.434 e. The summed E-state index contributed by atoms with van der Waals surface area (Å²) >= 11 is 0. The number of fused-ring (bicyclic) bond motifs is 10. The highest BCUT2D eigenvalue weighted by Gasteiger charge is 2.41. The summed E-state index contributed by atoms with van der Waals surface area (Å²) in [5.41, 5.74) is 16.3. The lowest BCUT2D eigenvalue weighted by Gasteiger charge is -2.33. The van der Waals surface area contributed by atoms with Crippen molar-refractivity contribution in [3.8, 4) is 67.4 Å². The van der Waals surface area contributed by atoms with Gasteiger partial charge >= 0.3 is 6.92 Å². The lowest BCUT2D eigenvalue weighted by molar-refractivity contribution is 0.479. The molecule has 0 N–H and O–H groups in total. The normalized spacial score (nSPS) is 12.6. The van der Waals surface area contributed by atoms with Gasteiger partial charge in [0.2, 0.25) is 0 Å². The van der Waals surface area contributed by atoms with Gasteiger partial charge in [-0.25, -0.2) is 0 Å². The quantitative estimate of drug-likeness (QED) is 0.168. The molecule has 4 nitrogen and oxygen atoms in total. The van der Waals surface area contributed by atoms with E-state index in [4.69, 9.17) is 13.8 Å². The molecule has 4 heterocycles. The van der Waals surface area contributed by atoms with Gasteiger partial charge in [0.15, 0.2) is 0 Å². The van der Waals surface area contributed by atoms with Gasteiger partial charge in [0.05, 0.1) is 11.0 Å². The van der Waals surface area contributed by atoms with Gasteiger partial charge in [-0.2, -0.15) is 0 Å². The van der Waals surface area contributed by atoms with E-state index < -0.39 is 0 Å². The Morgan fingerprint density at radius 2 is 1.02 bits per heavy atom. The van der Waals surface area contributed by atoms with Crippen LogP contribution in [0, 0.1) is 0 Å². The zero-order chi connectivity index (χ0) is 38.6. The summed E-state index contributed by atoms with van der Waals surface area (Å²) in [5, 5.41) is 4.75. The van der Waals surface area contributed by atoms with Crippen molar-refractivity contribution < 1.29 is 13.8 Å². The fourth-order valence-electron chi connectivity index (χ4n) is 9.52. The van der Waals surface area contributed by atoms with E-state index in [0.717, 1.165) is 100 Å². The Bertz CT molecular complexity index is 3490. The van der Waals surface area contributed by atoms with Crippen molar-refractivity contribution in [2.75, 3.05) is 0 Å². The van der Waals surface area contributed by atoms with E-state index in [0.29, 0.717) is 0 Å². The second-order valence-corrected chi connectivity index (χ2v) is 15.6. The summed E-state index contributed by atoms with van der Waals surface area (Å²) < 4.78 is 22.3. The average Bonchev–Trinajstić information content (AvgIpc) is 3.84. The second kappa shape index (κ2) is 12.4. The first-order valence-corrected chi connectivity index (χ1v) is 20.1. The van der Waals surface area contributed by atoms with E-state index in [2.05, 4.69) is 187 Å². The summed E-state index contributed by atoms with van der Waals surface area (Å²) in [6.07, 6.45) is 0. The zero-order valence-electron chi connectivity index (χ0n) is 31.7. The maximum absolute atomic E-state index is 6.93. The average molecular weight is 754 g/mol. The molecule has 59 heavy (non-hydrogen) atoms. The van der Waals surface area contributed by atoms with Crippen LogP contribution in [0.15, 0.2) is 199 Å². The van der Waals surface area contributed by atoms with Crippen LogP contribution in [-0.2, 0) is 0 Å². The summed E-state index contributed by atoms with van der Waals surface area (Å²) in [7, 11) is 0. The maximum Gasteiger partial charge on any atom is 0.434 e. The molecule has 0 unspecified atom stereocenters. The summed E-state index contributed by atoms with van der Waals surface area (Å²) in [4.78, 5) is 0. The molecule has 5 heteroatoms. The first-order valence-electron chi connectivity index (χ1n) is 20.1. The van der Waals surface area contributed by atoms with Crippen LogP contribution in [0.5, 0.6) is 17.2 Å². The molecule has 0 saturated carbocycles. The van der Waals surface area contributed by atoms with Crippen LogP contribution < -0.4 is 20.3 Å². The van der Waals surface area contributed by atoms with Crippen molar-refractivity contribution in [3.05, 3.63) is 194 Å². The van der Waals surface area contributed by atoms with Crippen LogP contribution in [-0.4, -0.2) is 11.5 Å². The third-order valence-electron chi connectivity index (χ3n) is 12.3. The van der Waals surface area contributed by atoms with Gasteiger partial charge in [0.1, 0.15) is 28.4 Å². The van der Waals surface area contributed by atoms with Crippen LogP contribution in [0.1, 0.15) is 0 Å². The fraction of sp³-hybridized carbons (Fsp3) is 0. The number of benzene rings is 9. The van der Waals surface area contributed by atoms with Gasteiger partial charge in [-0.15, -0.1) is 0 Å². The molecule has 0 spiro atoms. The van der Waals surface area contributed by atoms with Gasteiger partial charge in [0.25, 0.3) is 0 Å². The summed E-state index contributed by atoms with van der Waals surface area (Å²) in [6, 6.07) is 69.0. The van der Waals surface area contributed by atoms with Crippen molar-refractivity contribution in [3.63, 3.8) is 0 Å². The minimum atomic E-state index is -0.323. The van der Waals surface area contributed by atoms with E-state index >= 15 is 0 Å². The zero-order valence-corrected chi connectivity index (χ0v) is 31.7. The fourth-order valence-corrected chi connectivity index (χ4v) is 9.52. The molecule has 2 aliphatic heterocycles. The molecule has 0 bridgehead atoms. The van der Waals surface area contributed by atoms with E-state index in [9.17, 15) is 0 Å². The maximum atomic E-state index is 6.93. The van der Waals surface area contributed by atoms with Gasteiger partial charge in [-0.1, -0.05) is 121 Å². The van der Waals surface area contributed by atoms with Crippen LogP contribution >= 0.6 is 0 Å². The largest absolute Gasteiger partial charge is 0.551 e. The first-order chi connectivity index (χ1) is 29.2. The lowest BCUT2D eigenvalue weighted by atomic mass is 9.50. The second-order valence-electron chi connectivity index (χ2n) is 15.6. The number of hydrogen-bond acceptors (Lipinski definition) is 3. The van der Waals surface area contributed by atoms with Crippen LogP contribution in [0.2, 0.25) is 0 Å². The van der Waals surface area contributed by atoms with Crippen molar-refractivity contribution in [1.29, 1.82) is 0 Å². The van der Waals surface area contributed by atoms with Crippen molar-refractivity contribution in [2.45, 2.75) is 0 Å². The summed E-state index contributed by atoms with van der Waals surface area (Å²) in [6.45, 7) is -0.323. The Balaban J connectivity index is 0.907. The molecular weight excluding hydrogens is 721 g/mol. The summed E-state index contributed by atoms with van der Waals surface area (Å²) in [5.74, 6) is 2.50. The number of rotatable bonds is 4. The first kappa shape index (κ1) is 32.3. The Morgan fingerprint density at radius 1 is 0.373 bits per heavy atom. The van der Waals surface area contributed by atoms with Crippen LogP contribution in [0.3, 0.4) is 0 Å². The number of para-hydroxylation sites is 4. The minimum absolute atomic E-state index is 0.323. The molecule has 0 amide bonds. The highest BCUT2D eigenvalue weighted by atomic mass is 16.5. The highest BCUT2D eigenvalue weighted by molar-refractivity contribution is 6.84. The van der Waals surface area contributed by atoms with Crippen molar-refractivity contribution in [1.82, 2.24) is 4.57 Å². The van der Waals surface area contributed by atoms with Crippen LogP contribution in [0.25, 0.3) is 93.9 Å². The Hall–Kier alpha value is -7.76. The molecule has 274 valence electrons. The molecule has 0 fully saturated rings. The molecule has 2 aromatic heterocycles. The monoisotopic (exact) mass is 753 g/mol. The van der Waals surface area contributed by atoms with Gasteiger partial charge in [-0.3, -0.25) is 0 Å². The lowest BCUT2D eigenvalue weighted by Crippen LogP contribution is -2.53. The third-order valence-corrected chi connectivity index (χ3v) is 12.3. The molecule has 9 aromatic carbocycles. The SMILES string of the molecule is c1cc(-c2cc3c4c(c2)-c2ccccc2OB4c2cc(-c4cccc(-n5c6ccccc6c6ccccc65)c4)ccc2O3)cc(-c2ccc3oc4ccccc4c3c2)c1. The Labute approximate surface area is 340 Å². The molecule has 13 rings (SSSR count). The standard InChI is InChI=1S/C54H32BNO3/c1-5-19-47-40(15-1)41-16-2-6-20-48(41)56(47)39-14-10-13-35(28-39)37-24-26-52-46(31-37)55-54-45(43-18-4-8-22-51(43)59-55)30-38(32-53(54)58-52)34-12-9-11-33(27-34)36-23-25-50-44(29-36)42-17-3-7-21-49(42)57-50/h1-32H. The van der Waals surface area contributed by atoms with Gasteiger partial charge in [-0.05, 0) is 112 Å². The van der Waals surface area contributed by atoms with E-state index in [-0.39, 0.29) is 6.92 Å². The topological polar surface area (TPSA) is 36.5 Å². The van der Waals surface area contributed by atoms with Gasteiger partial charge in [0, 0.05) is 43.7 Å². The Morgan fingerprint density at radius 3 is 1.86 bits per heavy atom. The predicted octanol–water partition coefficient (Wildman–Crippen LogP) is 13.0. The number of hydrogen-bond donors (Lipinski definition) is 0. The molecule has 0 saturated heterocycles. The molecular formula is C54H32BNO3. The molecule has 0 aliphatic carbocycles. The van der Waals surface area contributed by atoms with E-state index in [1.165, 1.54) is 21.8 Å². The highest BCUT2D eigenvalue weighted by Crippen LogP contribution is 2.43. The molecule has 0 radical (unpaired) electrons. The van der Waals surface area contributed by atoms with E-state index in [1.807, 2.05) is 12.1 Å². The number of furan rings is 1. The van der Waals surface area contributed by atoms with E-state index in [1.54, 1.807) is 0 Å². The molecule has 0 atom stereocenters.